The molecule has 0 unspecified atom stereocenters. The lowest BCUT2D eigenvalue weighted by Gasteiger charge is -2.16. The summed E-state index contributed by atoms with van der Waals surface area (Å²) in [6.45, 7) is 4.52. The normalized spacial score (nSPS) is 13.7. The lowest BCUT2D eigenvalue weighted by atomic mass is 10.2. The molecule has 1 aliphatic rings. The van der Waals surface area contributed by atoms with Crippen molar-refractivity contribution in [2.24, 2.45) is 0 Å². The van der Waals surface area contributed by atoms with Crippen molar-refractivity contribution >= 4 is 35.0 Å². The molecule has 0 bridgehead atoms. The van der Waals surface area contributed by atoms with Crippen LogP contribution in [0.25, 0.3) is 0 Å². The first kappa shape index (κ1) is 20.2. The van der Waals surface area contributed by atoms with Crippen LogP contribution in [0.1, 0.15) is 40.2 Å². The number of aryl methyl sites for hydroxylation is 2. The zero-order chi connectivity index (χ0) is 21.1. The lowest BCUT2D eigenvalue weighted by Crippen LogP contribution is -2.23. The third-order valence-electron chi connectivity index (χ3n) is 5.06. The van der Waals surface area contributed by atoms with Gasteiger partial charge in [-0.05, 0) is 56.7 Å². The number of nitrogens with zero attached hydrogens (tertiary/aromatic N) is 3. The van der Waals surface area contributed by atoms with Gasteiger partial charge in [-0.1, -0.05) is 5.16 Å². The molecule has 8 heteroatoms. The summed E-state index contributed by atoms with van der Waals surface area (Å²) in [4.78, 5) is 30.9. The van der Waals surface area contributed by atoms with Gasteiger partial charge in [-0.25, -0.2) is 4.98 Å². The highest BCUT2D eigenvalue weighted by molar-refractivity contribution is 7.98. The number of carbonyl (C=O) groups is 2. The van der Waals surface area contributed by atoms with E-state index in [2.05, 4.69) is 15.5 Å². The molecule has 0 spiro atoms. The number of aromatic nitrogens is 2. The Bertz CT molecular complexity index is 1060. The Morgan fingerprint density at radius 1 is 1.23 bits per heavy atom. The van der Waals surface area contributed by atoms with Gasteiger partial charge >= 0.3 is 0 Å². The molecule has 2 aromatic heterocycles. The van der Waals surface area contributed by atoms with E-state index >= 15 is 0 Å². The average Bonchev–Trinajstić information content (AvgIpc) is 3.32. The van der Waals surface area contributed by atoms with Crippen molar-refractivity contribution in [1.82, 2.24) is 10.1 Å². The Morgan fingerprint density at radius 3 is 2.70 bits per heavy atom. The third kappa shape index (κ3) is 4.23. The predicted octanol–water partition coefficient (Wildman–Crippen LogP) is 4.36. The Morgan fingerprint density at radius 2 is 2.03 bits per heavy atom. The molecule has 1 saturated heterocycles. The minimum Gasteiger partial charge on any atom is -0.361 e. The summed E-state index contributed by atoms with van der Waals surface area (Å²) in [5.41, 5.74) is 3.89. The fraction of sp³-hybridized carbons (Fsp3) is 0.273. The van der Waals surface area contributed by atoms with Crippen LogP contribution in [0.15, 0.2) is 52.1 Å². The lowest BCUT2D eigenvalue weighted by molar-refractivity contribution is -0.117. The van der Waals surface area contributed by atoms with E-state index in [0.717, 1.165) is 35.7 Å². The summed E-state index contributed by atoms with van der Waals surface area (Å²) in [6.07, 6.45) is 3.15. The highest BCUT2D eigenvalue weighted by Gasteiger charge is 2.21. The van der Waals surface area contributed by atoms with Crippen molar-refractivity contribution in [1.29, 1.82) is 0 Å². The van der Waals surface area contributed by atoms with Crippen LogP contribution in [0.5, 0.6) is 0 Å². The number of anilines is 2. The molecular formula is C22H22N4O3S. The summed E-state index contributed by atoms with van der Waals surface area (Å²) in [6, 6.07) is 10.8. The molecule has 1 N–H and O–H groups in total. The predicted molar refractivity (Wildman–Crippen MR) is 116 cm³/mol. The second kappa shape index (κ2) is 8.71. The minimum atomic E-state index is -0.227. The number of benzene rings is 1. The van der Waals surface area contributed by atoms with Gasteiger partial charge in [0.1, 0.15) is 10.8 Å². The molecule has 1 aromatic carbocycles. The standard InChI is InChI=1S/C22H22N4O3S/c1-14-19(15(2)29-25-14)13-30-22-18(5-3-11-23-22)21(28)24-16-7-9-17(10-8-16)26-12-4-6-20(26)27/h3,5,7-11H,4,6,12-13H2,1-2H3,(H,24,28). The quantitative estimate of drug-likeness (QED) is 0.594. The van der Waals surface area contributed by atoms with Crippen LogP contribution in [-0.4, -0.2) is 28.5 Å². The van der Waals surface area contributed by atoms with Gasteiger partial charge < -0.3 is 14.7 Å². The van der Waals surface area contributed by atoms with E-state index in [9.17, 15) is 9.59 Å². The van der Waals surface area contributed by atoms with Crippen LogP contribution in [0, 0.1) is 13.8 Å². The molecule has 0 radical (unpaired) electrons. The van der Waals surface area contributed by atoms with Gasteiger partial charge in [-0.3, -0.25) is 9.59 Å². The first-order valence-electron chi connectivity index (χ1n) is 9.74. The molecule has 3 heterocycles. The minimum absolute atomic E-state index is 0.141. The first-order valence-corrected chi connectivity index (χ1v) is 10.7. The van der Waals surface area contributed by atoms with Gasteiger partial charge in [0.15, 0.2) is 0 Å². The van der Waals surface area contributed by atoms with E-state index in [0.29, 0.717) is 28.5 Å². The molecular weight excluding hydrogens is 400 g/mol. The smallest absolute Gasteiger partial charge is 0.258 e. The first-order chi connectivity index (χ1) is 14.5. The van der Waals surface area contributed by atoms with E-state index in [1.54, 1.807) is 23.2 Å². The number of amides is 2. The summed E-state index contributed by atoms with van der Waals surface area (Å²) < 4.78 is 5.21. The van der Waals surface area contributed by atoms with E-state index in [1.165, 1.54) is 11.8 Å². The number of pyridine rings is 1. The number of hydrogen-bond donors (Lipinski definition) is 1. The molecule has 1 fully saturated rings. The summed E-state index contributed by atoms with van der Waals surface area (Å²) in [5.74, 6) is 1.31. The summed E-state index contributed by atoms with van der Waals surface area (Å²) in [5, 5.41) is 7.53. The Labute approximate surface area is 178 Å². The molecule has 3 aromatic rings. The Balaban J connectivity index is 1.45. The van der Waals surface area contributed by atoms with E-state index < -0.39 is 0 Å². The molecule has 30 heavy (non-hydrogen) atoms. The maximum atomic E-state index is 12.9. The average molecular weight is 423 g/mol. The van der Waals surface area contributed by atoms with Gasteiger partial charge in [-0.15, -0.1) is 11.8 Å². The van der Waals surface area contributed by atoms with E-state index in [4.69, 9.17) is 4.52 Å². The van der Waals surface area contributed by atoms with Crippen LogP contribution in [0.3, 0.4) is 0 Å². The SMILES string of the molecule is Cc1noc(C)c1CSc1ncccc1C(=O)Nc1ccc(N2CCCC2=O)cc1. The second-order valence-electron chi connectivity index (χ2n) is 7.10. The van der Waals surface area contributed by atoms with Gasteiger partial charge in [-0.2, -0.15) is 0 Å². The van der Waals surface area contributed by atoms with E-state index in [1.807, 2.05) is 38.1 Å². The number of hydrogen-bond acceptors (Lipinski definition) is 6. The number of rotatable bonds is 6. The monoisotopic (exact) mass is 422 g/mol. The number of carbonyl (C=O) groups excluding carboxylic acids is 2. The number of nitrogens with one attached hydrogen (secondary N) is 1. The Kier molecular flexibility index (Phi) is 5.85. The van der Waals surface area contributed by atoms with Gasteiger partial charge in [0.25, 0.3) is 5.91 Å². The molecule has 2 amide bonds. The third-order valence-corrected chi connectivity index (χ3v) is 6.09. The molecule has 0 atom stereocenters. The van der Waals surface area contributed by atoms with Gasteiger partial charge in [0.05, 0.1) is 11.3 Å². The van der Waals surface area contributed by atoms with Crippen LogP contribution >= 0.6 is 11.8 Å². The summed E-state index contributed by atoms with van der Waals surface area (Å²) in [7, 11) is 0. The molecule has 0 aliphatic carbocycles. The zero-order valence-corrected chi connectivity index (χ0v) is 17.7. The van der Waals surface area contributed by atoms with Crippen LogP contribution in [0.4, 0.5) is 11.4 Å². The fourth-order valence-electron chi connectivity index (χ4n) is 3.37. The van der Waals surface area contributed by atoms with Crippen molar-refractivity contribution in [2.45, 2.75) is 37.5 Å². The molecule has 0 saturated carbocycles. The molecule has 7 nitrogen and oxygen atoms in total. The van der Waals surface area contributed by atoms with Crippen molar-refractivity contribution in [3.63, 3.8) is 0 Å². The highest BCUT2D eigenvalue weighted by Crippen LogP contribution is 2.28. The van der Waals surface area contributed by atoms with Crippen molar-refractivity contribution < 1.29 is 14.1 Å². The molecule has 1 aliphatic heterocycles. The highest BCUT2D eigenvalue weighted by atomic mass is 32.2. The fourth-order valence-corrected chi connectivity index (χ4v) is 4.52. The molecule has 4 rings (SSSR count). The topological polar surface area (TPSA) is 88.3 Å². The van der Waals surface area contributed by atoms with Crippen LogP contribution in [-0.2, 0) is 10.5 Å². The second-order valence-corrected chi connectivity index (χ2v) is 8.06. The summed E-state index contributed by atoms with van der Waals surface area (Å²) >= 11 is 1.48. The largest absolute Gasteiger partial charge is 0.361 e. The Hall–Kier alpha value is -3.13. The van der Waals surface area contributed by atoms with E-state index in [-0.39, 0.29) is 11.8 Å². The van der Waals surface area contributed by atoms with Crippen molar-refractivity contribution in [3.8, 4) is 0 Å². The maximum absolute atomic E-state index is 12.9. The van der Waals surface area contributed by atoms with Crippen molar-refractivity contribution in [2.75, 3.05) is 16.8 Å². The van der Waals surface area contributed by atoms with Gasteiger partial charge in [0, 0.05) is 41.9 Å². The molecule has 154 valence electrons. The number of thioether (sulfide) groups is 1. The van der Waals surface area contributed by atoms with Crippen LogP contribution in [0.2, 0.25) is 0 Å². The zero-order valence-electron chi connectivity index (χ0n) is 16.8. The van der Waals surface area contributed by atoms with Gasteiger partial charge in [0.2, 0.25) is 5.91 Å². The van der Waals surface area contributed by atoms with Crippen LogP contribution < -0.4 is 10.2 Å². The maximum Gasteiger partial charge on any atom is 0.258 e. The van der Waals surface area contributed by atoms with Crippen molar-refractivity contribution in [3.05, 3.63) is 65.2 Å².